The Balaban J connectivity index is 2.65. The van der Waals surface area contributed by atoms with Crippen LogP contribution in [-0.4, -0.2) is 19.9 Å². The standard InChI is InChI=1S/C13H18O2S/c1-3-4-10-16(14,15)11-12(2)13-8-6-5-7-9-13/h5-9H,2-4,10-11H2,1H3. The minimum absolute atomic E-state index is 0.0665. The van der Waals surface area contributed by atoms with Gasteiger partial charge in [-0.3, -0.25) is 0 Å². The summed E-state index contributed by atoms with van der Waals surface area (Å²) in [7, 11) is -2.99. The molecule has 16 heavy (non-hydrogen) atoms. The SMILES string of the molecule is C=C(CS(=O)(=O)CCCC)c1ccccc1. The van der Waals surface area contributed by atoms with Crippen molar-refractivity contribution in [2.75, 3.05) is 11.5 Å². The van der Waals surface area contributed by atoms with E-state index in [2.05, 4.69) is 6.58 Å². The van der Waals surface area contributed by atoms with Gasteiger partial charge in [-0.1, -0.05) is 50.3 Å². The lowest BCUT2D eigenvalue weighted by atomic mass is 10.1. The van der Waals surface area contributed by atoms with Crippen LogP contribution in [0.25, 0.3) is 5.57 Å². The second-order valence-electron chi connectivity index (χ2n) is 3.92. The summed E-state index contributed by atoms with van der Waals surface area (Å²) in [5.41, 5.74) is 1.58. The monoisotopic (exact) mass is 238 g/mol. The molecule has 0 aliphatic rings. The molecule has 3 heteroatoms. The molecule has 2 nitrogen and oxygen atoms in total. The van der Waals surface area contributed by atoms with E-state index in [9.17, 15) is 8.42 Å². The van der Waals surface area contributed by atoms with Crippen molar-refractivity contribution >= 4 is 15.4 Å². The number of unbranched alkanes of at least 4 members (excludes halogenated alkanes) is 1. The van der Waals surface area contributed by atoms with E-state index in [4.69, 9.17) is 0 Å². The predicted molar refractivity (Wildman–Crippen MR) is 69.0 cm³/mol. The fraction of sp³-hybridized carbons (Fsp3) is 0.385. The van der Waals surface area contributed by atoms with Crippen molar-refractivity contribution in [3.05, 3.63) is 42.5 Å². The van der Waals surface area contributed by atoms with Gasteiger partial charge in [0.1, 0.15) is 0 Å². The Labute approximate surface area is 97.9 Å². The van der Waals surface area contributed by atoms with Gasteiger partial charge in [-0.15, -0.1) is 0 Å². The molecule has 1 rings (SSSR count). The minimum atomic E-state index is -2.99. The van der Waals surface area contributed by atoms with Crippen LogP contribution in [0.15, 0.2) is 36.9 Å². The smallest absolute Gasteiger partial charge is 0.154 e. The summed E-state index contributed by atoms with van der Waals surface area (Å²) in [5, 5.41) is 0. The Morgan fingerprint density at radius 3 is 2.44 bits per heavy atom. The molecule has 0 aliphatic heterocycles. The summed E-state index contributed by atoms with van der Waals surface area (Å²) in [6.07, 6.45) is 1.63. The van der Waals surface area contributed by atoms with Crippen LogP contribution in [0.5, 0.6) is 0 Å². The fourth-order valence-corrected chi connectivity index (χ4v) is 3.03. The topological polar surface area (TPSA) is 34.1 Å². The number of hydrogen-bond acceptors (Lipinski definition) is 2. The minimum Gasteiger partial charge on any atom is -0.228 e. The van der Waals surface area contributed by atoms with Gasteiger partial charge < -0.3 is 0 Å². The molecule has 0 amide bonds. The Bertz CT molecular complexity index is 432. The van der Waals surface area contributed by atoms with E-state index in [1.54, 1.807) is 0 Å². The van der Waals surface area contributed by atoms with E-state index in [0.717, 1.165) is 18.4 Å². The van der Waals surface area contributed by atoms with Crippen LogP contribution in [0, 0.1) is 0 Å². The molecule has 0 aromatic heterocycles. The number of rotatable bonds is 6. The van der Waals surface area contributed by atoms with Gasteiger partial charge in [0.25, 0.3) is 0 Å². The van der Waals surface area contributed by atoms with Crippen LogP contribution in [0.1, 0.15) is 25.3 Å². The molecule has 0 N–H and O–H groups in total. The van der Waals surface area contributed by atoms with Crippen molar-refractivity contribution in [1.29, 1.82) is 0 Å². The van der Waals surface area contributed by atoms with Crippen molar-refractivity contribution < 1.29 is 8.42 Å². The number of sulfone groups is 1. The number of hydrogen-bond donors (Lipinski definition) is 0. The predicted octanol–water partition coefficient (Wildman–Crippen LogP) is 2.91. The largest absolute Gasteiger partial charge is 0.228 e. The van der Waals surface area contributed by atoms with Crippen LogP contribution in [0.2, 0.25) is 0 Å². The quantitative estimate of drug-likeness (QED) is 0.763. The molecule has 0 spiro atoms. The zero-order valence-electron chi connectivity index (χ0n) is 9.65. The summed E-state index contributed by atoms with van der Waals surface area (Å²) in [6.45, 7) is 5.83. The van der Waals surface area contributed by atoms with Crippen LogP contribution in [0.3, 0.4) is 0 Å². The maximum Gasteiger partial charge on any atom is 0.154 e. The number of benzene rings is 1. The first-order chi connectivity index (χ1) is 7.55. The van der Waals surface area contributed by atoms with Gasteiger partial charge in [0, 0.05) is 0 Å². The highest BCUT2D eigenvalue weighted by atomic mass is 32.2. The molecule has 88 valence electrons. The molecular weight excluding hydrogens is 220 g/mol. The molecule has 0 saturated carbocycles. The van der Waals surface area contributed by atoms with Gasteiger partial charge in [-0.25, -0.2) is 8.42 Å². The molecule has 0 bridgehead atoms. The highest BCUT2D eigenvalue weighted by molar-refractivity contribution is 7.91. The third-order valence-corrected chi connectivity index (χ3v) is 4.08. The molecule has 0 atom stereocenters. The van der Waals surface area contributed by atoms with Crippen molar-refractivity contribution in [2.24, 2.45) is 0 Å². The normalized spacial score (nSPS) is 11.3. The van der Waals surface area contributed by atoms with Crippen molar-refractivity contribution in [1.82, 2.24) is 0 Å². The Kier molecular flexibility index (Phi) is 4.74. The van der Waals surface area contributed by atoms with Crippen LogP contribution in [-0.2, 0) is 9.84 Å². The highest BCUT2D eigenvalue weighted by Gasteiger charge is 2.12. The van der Waals surface area contributed by atoms with E-state index in [-0.39, 0.29) is 11.5 Å². The summed E-state index contributed by atoms with van der Waals surface area (Å²) in [6, 6.07) is 9.45. The summed E-state index contributed by atoms with van der Waals surface area (Å²) >= 11 is 0. The average Bonchev–Trinajstić information content (AvgIpc) is 2.27. The molecule has 0 heterocycles. The second-order valence-corrected chi connectivity index (χ2v) is 6.10. The molecule has 0 unspecified atom stereocenters. The zero-order chi connectivity index (χ0) is 12.0. The van der Waals surface area contributed by atoms with Crippen molar-refractivity contribution in [3.63, 3.8) is 0 Å². The Morgan fingerprint density at radius 2 is 1.88 bits per heavy atom. The van der Waals surface area contributed by atoms with Gasteiger partial charge >= 0.3 is 0 Å². The maximum atomic E-state index is 11.7. The lowest BCUT2D eigenvalue weighted by molar-refractivity contribution is 0.596. The van der Waals surface area contributed by atoms with Crippen molar-refractivity contribution in [3.8, 4) is 0 Å². The van der Waals surface area contributed by atoms with E-state index in [1.807, 2.05) is 37.3 Å². The fourth-order valence-electron chi connectivity index (χ4n) is 1.46. The zero-order valence-corrected chi connectivity index (χ0v) is 10.5. The highest BCUT2D eigenvalue weighted by Crippen LogP contribution is 2.14. The Morgan fingerprint density at radius 1 is 1.25 bits per heavy atom. The van der Waals surface area contributed by atoms with E-state index >= 15 is 0 Å². The van der Waals surface area contributed by atoms with Gasteiger partial charge in [0.2, 0.25) is 0 Å². The molecule has 0 aliphatic carbocycles. The molecule has 1 aromatic rings. The summed E-state index contributed by atoms with van der Waals surface area (Å²) in [4.78, 5) is 0. The van der Waals surface area contributed by atoms with Gasteiger partial charge in [0.05, 0.1) is 11.5 Å². The first-order valence-corrected chi connectivity index (χ1v) is 7.31. The van der Waals surface area contributed by atoms with E-state index in [1.165, 1.54) is 0 Å². The first-order valence-electron chi connectivity index (χ1n) is 5.49. The molecule has 0 saturated heterocycles. The van der Waals surface area contributed by atoms with Gasteiger partial charge in [-0.05, 0) is 17.6 Å². The van der Waals surface area contributed by atoms with Gasteiger partial charge in [0.15, 0.2) is 9.84 Å². The van der Waals surface area contributed by atoms with Crippen LogP contribution in [0.4, 0.5) is 0 Å². The second kappa shape index (κ2) is 5.85. The van der Waals surface area contributed by atoms with Crippen molar-refractivity contribution in [2.45, 2.75) is 19.8 Å². The third-order valence-electron chi connectivity index (χ3n) is 2.39. The average molecular weight is 238 g/mol. The molecule has 0 fully saturated rings. The summed E-state index contributed by atoms with van der Waals surface area (Å²) < 4.78 is 23.4. The molecule has 0 radical (unpaired) electrons. The van der Waals surface area contributed by atoms with E-state index in [0.29, 0.717) is 5.57 Å². The lowest BCUT2D eigenvalue weighted by Crippen LogP contribution is -2.11. The molecule has 1 aromatic carbocycles. The van der Waals surface area contributed by atoms with Gasteiger partial charge in [-0.2, -0.15) is 0 Å². The van der Waals surface area contributed by atoms with Crippen LogP contribution >= 0.6 is 0 Å². The maximum absolute atomic E-state index is 11.7. The van der Waals surface area contributed by atoms with Crippen LogP contribution < -0.4 is 0 Å². The summed E-state index contributed by atoms with van der Waals surface area (Å²) in [5.74, 6) is 0.326. The first kappa shape index (κ1) is 13.0. The lowest BCUT2D eigenvalue weighted by Gasteiger charge is -2.06. The third kappa shape index (κ3) is 4.19. The Hall–Kier alpha value is -1.09. The van der Waals surface area contributed by atoms with E-state index < -0.39 is 9.84 Å². The molecular formula is C13H18O2S.